The Balaban J connectivity index is 2.19. The van der Waals surface area contributed by atoms with Crippen LogP contribution in [0, 0.1) is 11.6 Å². The van der Waals surface area contributed by atoms with E-state index in [-0.39, 0.29) is 11.6 Å². The lowest BCUT2D eigenvalue weighted by atomic mass is 10.1. The number of halogens is 2. The molecule has 2 rings (SSSR count). The van der Waals surface area contributed by atoms with E-state index in [0.717, 1.165) is 18.2 Å². The second kappa shape index (κ2) is 4.91. The summed E-state index contributed by atoms with van der Waals surface area (Å²) in [5.74, 6) is -0.487. The third-order valence-electron chi connectivity index (χ3n) is 2.69. The molecule has 17 heavy (non-hydrogen) atoms. The van der Waals surface area contributed by atoms with Crippen LogP contribution in [0.25, 0.3) is 0 Å². The standard InChI is InChI=1S/C11H12F2N2OS/c12-7-1-2-9(13)8(5-7)10-6-15(3-4-17)11(16)14-10/h1-2,5,10,17H,3-4,6H2,(H,14,16). The molecule has 1 N–H and O–H groups in total. The summed E-state index contributed by atoms with van der Waals surface area (Å²) in [6.45, 7) is 0.822. The van der Waals surface area contributed by atoms with Crippen LogP contribution in [0.4, 0.5) is 13.6 Å². The monoisotopic (exact) mass is 258 g/mol. The van der Waals surface area contributed by atoms with Crippen molar-refractivity contribution in [2.45, 2.75) is 6.04 Å². The van der Waals surface area contributed by atoms with Crippen LogP contribution >= 0.6 is 12.6 Å². The maximum absolute atomic E-state index is 13.5. The van der Waals surface area contributed by atoms with Crippen molar-refractivity contribution in [3.05, 3.63) is 35.4 Å². The molecule has 1 saturated heterocycles. The fourth-order valence-electron chi connectivity index (χ4n) is 1.86. The fourth-order valence-corrected chi connectivity index (χ4v) is 2.10. The lowest BCUT2D eigenvalue weighted by Crippen LogP contribution is -2.29. The fraction of sp³-hybridized carbons (Fsp3) is 0.364. The number of hydrogen-bond acceptors (Lipinski definition) is 2. The molecule has 1 heterocycles. The average Bonchev–Trinajstić information content (AvgIpc) is 2.64. The van der Waals surface area contributed by atoms with E-state index in [4.69, 9.17) is 0 Å². The van der Waals surface area contributed by atoms with Crippen molar-refractivity contribution in [3.8, 4) is 0 Å². The number of carbonyl (C=O) groups is 1. The Bertz CT molecular complexity index is 441. The van der Waals surface area contributed by atoms with Crippen molar-refractivity contribution in [1.82, 2.24) is 10.2 Å². The smallest absolute Gasteiger partial charge is 0.318 e. The van der Waals surface area contributed by atoms with Crippen molar-refractivity contribution in [1.29, 1.82) is 0 Å². The number of rotatable bonds is 3. The normalized spacial score (nSPS) is 19.6. The maximum Gasteiger partial charge on any atom is 0.318 e. The Kier molecular flexibility index (Phi) is 3.51. The van der Waals surface area contributed by atoms with Gasteiger partial charge in [-0.3, -0.25) is 0 Å². The first kappa shape index (κ1) is 12.2. The van der Waals surface area contributed by atoms with Crippen LogP contribution in [0.2, 0.25) is 0 Å². The van der Waals surface area contributed by atoms with Gasteiger partial charge >= 0.3 is 6.03 Å². The number of thiol groups is 1. The second-order valence-corrected chi connectivity index (χ2v) is 4.28. The van der Waals surface area contributed by atoms with Gasteiger partial charge in [0.2, 0.25) is 0 Å². The van der Waals surface area contributed by atoms with Crippen molar-refractivity contribution in [2.24, 2.45) is 0 Å². The van der Waals surface area contributed by atoms with Crippen LogP contribution in [0.5, 0.6) is 0 Å². The van der Waals surface area contributed by atoms with Gasteiger partial charge in [-0.1, -0.05) is 0 Å². The molecule has 1 aliphatic heterocycles. The highest BCUT2D eigenvalue weighted by atomic mass is 32.1. The molecule has 0 aromatic heterocycles. The largest absolute Gasteiger partial charge is 0.329 e. The van der Waals surface area contributed by atoms with Gasteiger partial charge < -0.3 is 10.2 Å². The number of carbonyl (C=O) groups excluding carboxylic acids is 1. The first-order valence-corrected chi connectivity index (χ1v) is 5.86. The molecule has 6 heteroatoms. The zero-order valence-electron chi connectivity index (χ0n) is 8.99. The second-order valence-electron chi connectivity index (χ2n) is 3.84. The number of urea groups is 1. The lowest BCUT2D eigenvalue weighted by molar-refractivity contribution is 0.220. The minimum Gasteiger partial charge on any atom is -0.329 e. The molecule has 3 nitrogen and oxygen atoms in total. The van der Waals surface area contributed by atoms with Gasteiger partial charge in [0.25, 0.3) is 0 Å². The molecular formula is C11H12F2N2OS. The van der Waals surface area contributed by atoms with Crippen LogP contribution in [0.1, 0.15) is 11.6 Å². The van der Waals surface area contributed by atoms with E-state index < -0.39 is 17.7 Å². The molecule has 0 radical (unpaired) electrons. The maximum atomic E-state index is 13.5. The van der Waals surface area contributed by atoms with Gasteiger partial charge in [0.15, 0.2) is 0 Å². The zero-order valence-corrected chi connectivity index (χ0v) is 9.88. The summed E-state index contributed by atoms with van der Waals surface area (Å²) in [5.41, 5.74) is 0.181. The summed E-state index contributed by atoms with van der Waals surface area (Å²) in [4.78, 5) is 13.0. The molecule has 1 atom stereocenters. The summed E-state index contributed by atoms with van der Waals surface area (Å²) in [6, 6.07) is 2.47. The molecule has 0 bridgehead atoms. The predicted molar refractivity (Wildman–Crippen MR) is 63.1 cm³/mol. The molecule has 0 saturated carbocycles. The van der Waals surface area contributed by atoms with Gasteiger partial charge in [0.05, 0.1) is 6.04 Å². The third-order valence-corrected chi connectivity index (χ3v) is 2.89. The van der Waals surface area contributed by atoms with Crippen LogP contribution in [-0.4, -0.2) is 29.8 Å². The number of hydrogen-bond donors (Lipinski definition) is 2. The Labute approximate surface area is 103 Å². The summed E-state index contributed by atoms with van der Waals surface area (Å²) < 4.78 is 26.5. The predicted octanol–water partition coefficient (Wildman–Crippen LogP) is 1.96. The van der Waals surface area contributed by atoms with E-state index in [0.29, 0.717) is 18.8 Å². The highest BCUT2D eigenvalue weighted by molar-refractivity contribution is 7.80. The van der Waals surface area contributed by atoms with Gasteiger partial charge in [0, 0.05) is 24.4 Å². The van der Waals surface area contributed by atoms with E-state index in [1.807, 2.05) is 0 Å². The summed E-state index contributed by atoms with van der Waals surface area (Å²) in [5, 5.41) is 2.62. The Morgan fingerprint density at radius 1 is 1.47 bits per heavy atom. The van der Waals surface area contributed by atoms with Crippen molar-refractivity contribution >= 4 is 18.7 Å². The molecule has 1 aromatic rings. The van der Waals surface area contributed by atoms with Gasteiger partial charge in [-0.05, 0) is 18.2 Å². The molecule has 0 spiro atoms. The molecule has 1 fully saturated rings. The average molecular weight is 258 g/mol. The van der Waals surface area contributed by atoms with E-state index in [2.05, 4.69) is 17.9 Å². The molecule has 1 aliphatic rings. The van der Waals surface area contributed by atoms with Crippen LogP contribution in [0.3, 0.4) is 0 Å². The highest BCUT2D eigenvalue weighted by Gasteiger charge is 2.30. The summed E-state index contributed by atoms with van der Waals surface area (Å²) in [7, 11) is 0. The number of nitrogens with zero attached hydrogens (tertiary/aromatic N) is 1. The van der Waals surface area contributed by atoms with Crippen molar-refractivity contribution < 1.29 is 13.6 Å². The Morgan fingerprint density at radius 3 is 2.94 bits per heavy atom. The van der Waals surface area contributed by atoms with Gasteiger partial charge in [-0.25, -0.2) is 13.6 Å². The van der Waals surface area contributed by atoms with Crippen molar-refractivity contribution in [2.75, 3.05) is 18.8 Å². The molecule has 1 unspecified atom stereocenters. The SMILES string of the molecule is O=C1NC(c2cc(F)ccc2F)CN1CCS. The van der Waals surface area contributed by atoms with Crippen LogP contribution in [-0.2, 0) is 0 Å². The molecule has 1 aromatic carbocycles. The van der Waals surface area contributed by atoms with Crippen LogP contribution in [0.15, 0.2) is 18.2 Å². The molecule has 2 amide bonds. The minimum atomic E-state index is -0.511. The van der Waals surface area contributed by atoms with Gasteiger partial charge in [-0.15, -0.1) is 0 Å². The Morgan fingerprint density at radius 2 is 2.24 bits per heavy atom. The summed E-state index contributed by atoms with van der Waals surface area (Å²) in [6.07, 6.45) is 0. The van der Waals surface area contributed by atoms with Crippen LogP contribution < -0.4 is 5.32 Å². The minimum absolute atomic E-state index is 0.181. The molecule has 92 valence electrons. The van der Waals surface area contributed by atoms with E-state index in [1.54, 1.807) is 0 Å². The third kappa shape index (κ3) is 2.52. The number of benzene rings is 1. The van der Waals surface area contributed by atoms with Gasteiger partial charge in [-0.2, -0.15) is 12.6 Å². The van der Waals surface area contributed by atoms with Crippen molar-refractivity contribution in [3.63, 3.8) is 0 Å². The first-order valence-electron chi connectivity index (χ1n) is 5.23. The molecule has 0 aliphatic carbocycles. The first-order chi connectivity index (χ1) is 8.11. The van der Waals surface area contributed by atoms with E-state index in [1.165, 1.54) is 4.90 Å². The van der Waals surface area contributed by atoms with E-state index in [9.17, 15) is 13.6 Å². The zero-order chi connectivity index (χ0) is 12.4. The number of amides is 2. The quantitative estimate of drug-likeness (QED) is 0.798. The topological polar surface area (TPSA) is 32.3 Å². The number of nitrogens with one attached hydrogen (secondary N) is 1. The van der Waals surface area contributed by atoms with Gasteiger partial charge in [0.1, 0.15) is 11.6 Å². The lowest BCUT2D eigenvalue weighted by Gasteiger charge is -2.13. The van der Waals surface area contributed by atoms with E-state index >= 15 is 0 Å². The summed E-state index contributed by atoms with van der Waals surface area (Å²) >= 11 is 4.03. The Hall–Kier alpha value is -1.30. The molecular weight excluding hydrogens is 246 g/mol. The highest BCUT2D eigenvalue weighted by Crippen LogP contribution is 2.23.